The van der Waals surface area contributed by atoms with E-state index in [1.807, 2.05) is 0 Å². The van der Waals surface area contributed by atoms with Crippen LogP contribution in [-0.2, 0) is 4.79 Å². The molecule has 0 spiro atoms. The first-order valence-electron chi connectivity index (χ1n) is 1.59. The van der Waals surface area contributed by atoms with Gasteiger partial charge in [0.25, 0.3) is 0 Å². The number of carboxylic acids is 1. The summed E-state index contributed by atoms with van der Waals surface area (Å²) in [6, 6.07) is 0. The van der Waals surface area contributed by atoms with Gasteiger partial charge < -0.3 is 10.2 Å². The average Bonchev–Trinajstić information content (AvgIpc) is 1.31. The van der Waals surface area contributed by atoms with Crippen molar-refractivity contribution in [1.82, 2.24) is 0 Å². The number of hydrogen-bond donors (Lipinski definition) is 2. The van der Waals surface area contributed by atoms with Crippen molar-refractivity contribution in [2.75, 3.05) is 0 Å². The molecular formula is C3H5ClNaO3. The van der Waals surface area contributed by atoms with Crippen molar-refractivity contribution in [2.45, 2.75) is 12.0 Å². The fourth-order valence-electron chi connectivity index (χ4n) is 0. The fourth-order valence-corrected chi connectivity index (χ4v) is 0. The van der Waals surface area contributed by atoms with E-state index >= 15 is 0 Å². The van der Waals surface area contributed by atoms with E-state index in [4.69, 9.17) is 21.8 Å². The maximum absolute atomic E-state index is 9.64. The third-order valence-electron chi connectivity index (χ3n) is 0.390. The van der Waals surface area contributed by atoms with Crippen molar-refractivity contribution in [3.63, 3.8) is 0 Å². The van der Waals surface area contributed by atoms with E-state index in [2.05, 4.69) is 0 Å². The molecule has 1 atom stereocenters. The molecule has 0 aromatic rings. The summed E-state index contributed by atoms with van der Waals surface area (Å²) in [7, 11) is 0. The number of aliphatic carboxylic acids is 1. The van der Waals surface area contributed by atoms with Crippen LogP contribution in [0.3, 0.4) is 0 Å². The molecule has 0 aliphatic rings. The van der Waals surface area contributed by atoms with Crippen molar-refractivity contribution in [3.05, 3.63) is 0 Å². The van der Waals surface area contributed by atoms with E-state index in [1.165, 1.54) is 0 Å². The SMILES string of the molecule is CC(O)(Cl)C(=O)O.[Na]. The summed E-state index contributed by atoms with van der Waals surface area (Å²) in [5, 5.41) is 14.0. The average molecular weight is 148 g/mol. The number of hydrogen-bond acceptors (Lipinski definition) is 2. The molecule has 0 aromatic heterocycles. The van der Waals surface area contributed by atoms with Crippen LogP contribution in [0.5, 0.6) is 0 Å². The van der Waals surface area contributed by atoms with Crippen LogP contribution in [0.4, 0.5) is 0 Å². The number of halogens is 1. The molecule has 0 saturated carbocycles. The first-order chi connectivity index (χ1) is 2.94. The number of carbonyl (C=O) groups is 1. The molecule has 0 aliphatic heterocycles. The van der Waals surface area contributed by atoms with Crippen LogP contribution in [0, 0.1) is 0 Å². The third kappa shape index (κ3) is 4.87. The van der Waals surface area contributed by atoms with Gasteiger partial charge in [-0.25, -0.2) is 4.79 Å². The van der Waals surface area contributed by atoms with Crippen molar-refractivity contribution in [2.24, 2.45) is 0 Å². The van der Waals surface area contributed by atoms with Gasteiger partial charge in [0.2, 0.25) is 5.06 Å². The molecule has 1 unspecified atom stereocenters. The minimum Gasteiger partial charge on any atom is -0.478 e. The zero-order valence-corrected chi connectivity index (χ0v) is 7.44. The number of rotatable bonds is 1. The molecule has 0 rings (SSSR count). The first-order valence-corrected chi connectivity index (χ1v) is 1.97. The minimum absolute atomic E-state index is 0. The Balaban J connectivity index is 0. The maximum Gasteiger partial charge on any atom is 0.351 e. The standard InChI is InChI=1S/C3H5ClO3.Na/c1-3(4,7)2(5)6;/h7H,1H3,(H,5,6);. The van der Waals surface area contributed by atoms with Gasteiger partial charge in [0.1, 0.15) is 0 Å². The van der Waals surface area contributed by atoms with E-state index in [-0.39, 0.29) is 29.6 Å². The van der Waals surface area contributed by atoms with Crippen molar-refractivity contribution in [3.8, 4) is 0 Å². The van der Waals surface area contributed by atoms with Crippen LogP contribution >= 0.6 is 11.6 Å². The summed E-state index contributed by atoms with van der Waals surface area (Å²) in [4.78, 5) is 9.64. The molecule has 43 valence electrons. The van der Waals surface area contributed by atoms with Crippen molar-refractivity contribution >= 4 is 47.1 Å². The Kier molecular flexibility index (Phi) is 5.31. The van der Waals surface area contributed by atoms with E-state index in [0.29, 0.717) is 0 Å². The molecule has 8 heavy (non-hydrogen) atoms. The molecule has 5 heteroatoms. The topological polar surface area (TPSA) is 57.5 Å². The van der Waals surface area contributed by atoms with Gasteiger partial charge in [-0.15, -0.1) is 0 Å². The molecule has 1 radical (unpaired) electrons. The van der Waals surface area contributed by atoms with Crippen molar-refractivity contribution in [1.29, 1.82) is 0 Å². The van der Waals surface area contributed by atoms with Gasteiger partial charge in [-0.05, 0) is 6.92 Å². The summed E-state index contributed by atoms with van der Waals surface area (Å²) >= 11 is 4.82. The first kappa shape index (κ1) is 11.5. The molecular weight excluding hydrogens is 142 g/mol. The molecule has 0 aliphatic carbocycles. The van der Waals surface area contributed by atoms with Crippen LogP contribution < -0.4 is 0 Å². The van der Waals surface area contributed by atoms with E-state index in [0.717, 1.165) is 6.92 Å². The monoisotopic (exact) mass is 147 g/mol. The molecule has 0 fully saturated rings. The zero-order valence-electron chi connectivity index (χ0n) is 4.68. The summed E-state index contributed by atoms with van der Waals surface area (Å²) < 4.78 is 0. The van der Waals surface area contributed by atoms with Gasteiger partial charge in [0.15, 0.2) is 0 Å². The molecule has 0 saturated heterocycles. The summed E-state index contributed by atoms with van der Waals surface area (Å²) in [6.07, 6.45) is 0. The van der Waals surface area contributed by atoms with Gasteiger partial charge in [-0.2, -0.15) is 0 Å². The Morgan fingerprint density at radius 2 is 1.88 bits per heavy atom. The molecule has 0 aromatic carbocycles. The molecule has 0 bridgehead atoms. The van der Waals surface area contributed by atoms with Crippen molar-refractivity contribution < 1.29 is 15.0 Å². The maximum atomic E-state index is 9.64. The van der Waals surface area contributed by atoms with E-state index in [1.54, 1.807) is 0 Å². The van der Waals surface area contributed by atoms with Gasteiger partial charge in [-0.3, -0.25) is 0 Å². The van der Waals surface area contributed by atoms with Crippen LogP contribution in [0.25, 0.3) is 0 Å². The number of carboxylic acid groups (broad SMARTS) is 1. The molecule has 3 nitrogen and oxygen atoms in total. The molecule has 2 N–H and O–H groups in total. The zero-order chi connectivity index (χ0) is 6.08. The predicted octanol–water partition coefficient (Wildman–Crippen LogP) is -0.363. The van der Waals surface area contributed by atoms with Crippen LogP contribution in [0.2, 0.25) is 0 Å². The summed E-state index contributed by atoms with van der Waals surface area (Å²) in [5.41, 5.74) is 0. The van der Waals surface area contributed by atoms with Crippen LogP contribution in [0.1, 0.15) is 6.92 Å². The van der Waals surface area contributed by atoms with Gasteiger partial charge >= 0.3 is 5.97 Å². The Morgan fingerprint density at radius 3 is 1.88 bits per heavy atom. The number of aliphatic hydroxyl groups is 1. The summed E-state index contributed by atoms with van der Waals surface area (Å²) in [6.45, 7) is 0.983. The summed E-state index contributed by atoms with van der Waals surface area (Å²) in [5.74, 6) is -1.44. The Morgan fingerprint density at radius 1 is 1.75 bits per heavy atom. The van der Waals surface area contributed by atoms with Crippen LogP contribution in [0.15, 0.2) is 0 Å². The Labute approximate surface area is 73.9 Å². The Bertz CT molecular complexity index is 87.0. The van der Waals surface area contributed by atoms with E-state index < -0.39 is 11.0 Å². The molecule has 0 amide bonds. The van der Waals surface area contributed by atoms with Gasteiger partial charge in [0.05, 0.1) is 0 Å². The van der Waals surface area contributed by atoms with E-state index in [9.17, 15) is 4.79 Å². The largest absolute Gasteiger partial charge is 0.478 e. The van der Waals surface area contributed by atoms with Crippen LogP contribution in [-0.4, -0.2) is 50.8 Å². The number of alkyl halides is 1. The quantitative estimate of drug-likeness (QED) is 0.393. The van der Waals surface area contributed by atoms with Gasteiger partial charge in [-0.1, -0.05) is 11.6 Å². The minimum atomic E-state index is -2.11. The predicted molar refractivity (Wildman–Crippen MR) is 29.9 cm³/mol. The second-order valence-electron chi connectivity index (χ2n) is 1.26. The fraction of sp³-hybridized carbons (Fsp3) is 0.667. The third-order valence-corrected chi connectivity index (χ3v) is 0.552. The Hall–Kier alpha value is 0.720. The second kappa shape index (κ2) is 3.69. The molecule has 0 heterocycles. The second-order valence-corrected chi connectivity index (χ2v) is 1.99. The normalized spacial score (nSPS) is 15.9. The smallest absolute Gasteiger partial charge is 0.351 e. The van der Waals surface area contributed by atoms with Gasteiger partial charge in [0, 0.05) is 29.6 Å².